The van der Waals surface area contributed by atoms with Crippen molar-refractivity contribution in [3.63, 3.8) is 0 Å². The lowest BCUT2D eigenvalue weighted by molar-refractivity contribution is 0.416. The van der Waals surface area contributed by atoms with Crippen LogP contribution in [0.25, 0.3) is 0 Å². The number of benzene rings is 1. The Kier molecular flexibility index (Phi) is 4.54. The molecule has 0 saturated heterocycles. The third-order valence-corrected chi connectivity index (χ3v) is 4.07. The van der Waals surface area contributed by atoms with Gasteiger partial charge in [0.15, 0.2) is 0 Å². The Morgan fingerprint density at radius 3 is 2.67 bits per heavy atom. The Morgan fingerprint density at radius 1 is 1.33 bits per heavy atom. The van der Waals surface area contributed by atoms with E-state index < -0.39 is 10.0 Å². The van der Waals surface area contributed by atoms with Gasteiger partial charge in [-0.2, -0.15) is 0 Å². The fourth-order valence-corrected chi connectivity index (χ4v) is 2.53. The van der Waals surface area contributed by atoms with Crippen LogP contribution in [0.3, 0.4) is 0 Å². The van der Waals surface area contributed by atoms with Crippen LogP contribution in [0, 0.1) is 0 Å². The van der Waals surface area contributed by atoms with Gasteiger partial charge in [0.05, 0.1) is 17.7 Å². The molecule has 0 saturated carbocycles. The molecule has 3 N–H and O–H groups in total. The molecule has 2 aromatic rings. The molecule has 0 spiro atoms. The molecule has 0 amide bonds. The summed E-state index contributed by atoms with van der Waals surface area (Å²) in [5, 5.41) is 8.32. The molecular weight excluding hydrogens is 290 g/mol. The normalized spacial score (nSPS) is 11.4. The van der Waals surface area contributed by atoms with Crippen LogP contribution in [0.5, 0.6) is 5.75 Å². The average molecular weight is 309 g/mol. The maximum atomic E-state index is 11.4. The zero-order valence-electron chi connectivity index (χ0n) is 12.0. The molecule has 0 aliphatic rings. The smallest absolute Gasteiger partial charge is 0.238 e. The van der Waals surface area contributed by atoms with E-state index in [0.29, 0.717) is 18.0 Å². The van der Waals surface area contributed by atoms with Gasteiger partial charge < -0.3 is 14.6 Å². The van der Waals surface area contributed by atoms with E-state index in [1.54, 1.807) is 6.07 Å². The van der Waals surface area contributed by atoms with E-state index in [4.69, 9.17) is 9.88 Å². The van der Waals surface area contributed by atoms with Gasteiger partial charge in [0.25, 0.3) is 0 Å². The van der Waals surface area contributed by atoms with Gasteiger partial charge >= 0.3 is 0 Å². The van der Waals surface area contributed by atoms with Crippen LogP contribution in [0.4, 0.5) is 5.69 Å². The number of rotatable bonds is 6. The molecule has 0 unspecified atom stereocenters. The Hall–Kier alpha value is -1.99. The number of sulfonamides is 1. The van der Waals surface area contributed by atoms with E-state index >= 15 is 0 Å². The Labute approximate surface area is 124 Å². The SMILES string of the molecule is CCn1ccc(CNc2cc(S(N)(=O)=O)ccc2OC)c1. The lowest BCUT2D eigenvalue weighted by Crippen LogP contribution is -2.12. The quantitative estimate of drug-likeness (QED) is 0.851. The summed E-state index contributed by atoms with van der Waals surface area (Å²) in [7, 11) is -2.20. The second-order valence-corrected chi connectivity index (χ2v) is 6.17. The molecule has 7 heteroatoms. The Balaban J connectivity index is 2.21. The number of nitrogens with two attached hydrogens (primary N) is 1. The number of aromatic nitrogens is 1. The molecule has 0 aliphatic carbocycles. The van der Waals surface area contributed by atoms with E-state index in [9.17, 15) is 8.42 Å². The van der Waals surface area contributed by atoms with E-state index in [2.05, 4.69) is 16.8 Å². The topological polar surface area (TPSA) is 86.4 Å². The van der Waals surface area contributed by atoms with Crippen LogP contribution in [-0.4, -0.2) is 20.1 Å². The first-order valence-corrected chi connectivity index (χ1v) is 8.08. The van der Waals surface area contributed by atoms with E-state index in [-0.39, 0.29) is 4.90 Å². The number of aryl methyl sites for hydroxylation is 1. The molecule has 21 heavy (non-hydrogen) atoms. The highest BCUT2D eigenvalue weighted by Gasteiger charge is 2.12. The molecule has 1 heterocycles. The summed E-state index contributed by atoms with van der Waals surface area (Å²) in [6, 6.07) is 6.49. The first kappa shape index (κ1) is 15.4. The fourth-order valence-electron chi connectivity index (χ4n) is 1.99. The molecule has 0 atom stereocenters. The summed E-state index contributed by atoms with van der Waals surface area (Å²) >= 11 is 0. The summed E-state index contributed by atoms with van der Waals surface area (Å²) in [5.74, 6) is 0.567. The zero-order valence-corrected chi connectivity index (χ0v) is 12.9. The van der Waals surface area contributed by atoms with Gasteiger partial charge in [-0.05, 0) is 36.8 Å². The van der Waals surface area contributed by atoms with Crippen molar-refractivity contribution in [3.05, 3.63) is 42.2 Å². The second-order valence-electron chi connectivity index (χ2n) is 4.61. The van der Waals surface area contributed by atoms with Crippen LogP contribution in [0.1, 0.15) is 12.5 Å². The minimum Gasteiger partial charge on any atom is -0.495 e. The van der Waals surface area contributed by atoms with Crippen molar-refractivity contribution in [2.45, 2.75) is 24.9 Å². The van der Waals surface area contributed by atoms with Crippen molar-refractivity contribution in [1.82, 2.24) is 4.57 Å². The summed E-state index contributed by atoms with van der Waals surface area (Å²) in [4.78, 5) is 0.0527. The van der Waals surface area contributed by atoms with Crippen LogP contribution in [-0.2, 0) is 23.1 Å². The maximum Gasteiger partial charge on any atom is 0.238 e. The minimum atomic E-state index is -3.73. The molecule has 0 radical (unpaired) electrons. The van der Waals surface area contributed by atoms with Gasteiger partial charge in [0, 0.05) is 25.5 Å². The number of nitrogens with one attached hydrogen (secondary N) is 1. The number of nitrogens with zero attached hydrogens (tertiary/aromatic N) is 1. The summed E-state index contributed by atoms with van der Waals surface area (Å²) in [6.45, 7) is 3.54. The van der Waals surface area contributed by atoms with Gasteiger partial charge in [0.1, 0.15) is 5.75 Å². The minimum absolute atomic E-state index is 0.0527. The van der Waals surface area contributed by atoms with Gasteiger partial charge in [0.2, 0.25) is 10.0 Å². The van der Waals surface area contributed by atoms with Gasteiger partial charge in [-0.15, -0.1) is 0 Å². The summed E-state index contributed by atoms with van der Waals surface area (Å²) < 4.78 is 30.1. The first-order chi connectivity index (χ1) is 9.94. The van der Waals surface area contributed by atoms with Gasteiger partial charge in [-0.3, -0.25) is 0 Å². The first-order valence-electron chi connectivity index (χ1n) is 6.53. The molecule has 0 bridgehead atoms. The number of primary sulfonamides is 1. The lowest BCUT2D eigenvalue weighted by Gasteiger charge is -2.12. The van der Waals surface area contributed by atoms with E-state index in [1.165, 1.54) is 19.2 Å². The van der Waals surface area contributed by atoms with Gasteiger partial charge in [-0.25, -0.2) is 13.6 Å². The molecule has 1 aromatic heterocycles. The number of hydrogen-bond donors (Lipinski definition) is 2. The van der Waals surface area contributed by atoms with Crippen LogP contribution < -0.4 is 15.2 Å². The van der Waals surface area contributed by atoms with Crippen molar-refractivity contribution in [2.24, 2.45) is 5.14 Å². The second kappa shape index (κ2) is 6.19. The van der Waals surface area contributed by atoms with Crippen molar-refractivity contribution < 1.29 is 13.2 Å². The van der Waals surface area contributed by atoms with E-state index in [1.807, 2.05) is 18.5 Å². The van der Waals surface area contributed by atoms with Crippen LogP contribution >= 0.6 is 0 Å². The fraction of sp³-hybridized carbons (Fsp3) is 0.286. The predicted octanol–water partition coefficient (Wildman–Crippen LogP) is 1.78. The Morgan fingerprint density at radius 2 is 2.10 bits per heavy atom. The van der Waals surface area contributed by atoms with E-state index in [0.717, 1.165) is 12.1 Å². The molecule has 114 valence electrons. The highest BCUT2D eigenvalue weighted by Crippen LogP contribution is 2.27. The van der Waals surface area contributed by atoms with Crippen LogP contribution in [0.15, 0.2) is 41.6 Å². The van der Waals surface area contributed by atoms with Crippen molar-refractivity contribution >= 4 is 15.7 Å². The number of ether oxygens (including phenoxy) is 1. The zero-order chi connectivity index (χ0) is 15.5. The number of anilines is 1. The highest BCUT2D eigenvalue weighted by molar-refractivity contribution is 7.89. The van der Waals surface area contributed by atoms with Crippen molar-refractivity contribution in [3.8, 4) is 5.75 Å². The lowest BCUT2D eigenvalue weighted by atomic mass is 10.2. The summed E-state index contributed by atoms with van der Waals surface area (Å²) in [6.07, 6.45) is 4.03. The highest BCUT2D eigenvalue weighted by atomic mass is 32.2. The predicted molar refractivity (Wildman–Crippen MR) is 81.8 cm³/mol. The third kappa shape index (κ3) is 3.77. The van der Waals surface area contributed by atoms with Crippen LogP contribution in [0.2, 0.25) is 0 Å². The standard InChI is InChI=1S/C14H19N3O3S/c1-3-17-7-6-11(10-17)9-16-13-8-12(21(15,18)19)4-5-14(13)20-2/h4-8,10,16H,3,9H2,1-2H3,(H2,15,18,19). The maximum absolute atomic E-state index is 11.4. The molecular formula is C14H19N3O3S. The molecule has 6 nitrogen and oxygen atoms in total. The van der Waals surface area contributed by atoms with Crippen molar-refractivity contribution in [2.75, 3.05) is 12.4 Å². The third-order valence-electron chi connectivity index (χ3n) is 3.16. The molecule has 0 fully saturated rings. The molecule has 0 aliphatic heterocycles. The monoisotopic (exact) mass is 309 g/mol. The Bertz CT molecular complexity index is 723. The van der Waals surface area contributed by atoms with Crippen molar-refractivity contribution in [1.29, 1.82) is 0 Å². The molecule has 1 aromatic carbocycles. The summed E-state index contributed by atoms with van der Waals surface area (Å²) in [5.41, 5.74) is 1.69. The largest absolute Gasteiger partial charge is 0.495 e. The van der Waals surface area contributed by atoms with Gasteiger partial charge in [-0.1, -0.05) is 0 Å². The molecule has 2 rings (SSSR count). The number of methoxy groups -OCH3 is 1. The number of hydrogen-bond acceptors (Lipinski definition) is 4. The average Bonchev–Trinajstić information content (AvgIpc) is 2.91.